The molecular weight excluding hydrogens is 266 g/mol. The Morgan fingerprint density at radius 3 is 2.50 bits per heavy atom. The third-order valence-corrected chi connectivity index (χ3v) is 4.86. The van der Waals surface area contributed by atoms with Crippen molar-refractivity contribution in [2.45, 2.75) is 39.9 Å². The highest BCUT2D eigenvalue weighted by molar-refractivity contribution is 7.98. The summed E-state index contributed by atoms with van der Waals surface area (Å²) in [7, 11) is 0. The van der Waals surface area contributed by atoms with E-state index in [0.717, 1.165) is 28.6 Å². The number of aromatic carboxylic acids is 1. The van der Waals surface area contributed by atoms with E-state index in [1.54, 1.807) is 0 Å². The maximum Gasteiger partial charge on any atom is 0.347 e. The Labute approximate surface area is 117 Å². The Morgan fingerprint density at radius 1 is 1.33 bits per heavy atom. The zero-order valence-electron chi connectivity index (χ0n) is 11.4. The fourth-order valence-electron chi connectivity index (χ4n) is 1.54. The minimum atomic E-state index is -0.844. The van der Waals surface area contributed by atoms with Gasteiger partial charge in [-0.1, -0.05) is 27.7 Å². The first kappa shape index (κ1) is 15.5. The lowest BCUT2D eigenvalue weighted by Crippen LogP contribution is -2.02. The second-order valence-electron chi connectivity index (χ2n) is 5.20. The van der Waals surface area contributed by atoms with Gasteiger partial charge in [0.15, 0.2) is 0 Å². The van der Waals surface area contributed by atoms with Gasteiger partial charge in [0.25, 0.3) is 0 Å². The van der Waals surface area contributed by atoms with Gasteiger partial charge in [0.2, 0.25) is 0 Å². The van der Waals surface area contributed by atoms with Crippen LogP contribution >= 0.6 is 23.1 Å². The lowest BCUT2D eigenvalue weighted by atomic mass is 10.1. The Morgan fingerprint density at radius 2 is 2.00 bits per heavy atom. The number of nitrogens with zero attached hydrogens (tertiary/aromatic N) is 1. The molecule has 1 N–H and O–H groups in total. The molecule has 0 atom stereocenters. The van der Waals surface area contributed by atoms with Gasteiger partial charge in [-0.15, -0.1) is 11.3 Å². The lowest BCUT2D eigenvalue weighted by Gasteiger charge is -2.02. The minimum Gasteiger partial charge on any atom is -0.477 e. The minimum absolute atomic E-state index is 0.420. The third-order valence-electron chi connectivity index (χ3n) is 2.21. The molecule has 102 valence electrons. The maximum absolute atomic E-state index is 11.2. The summed E-state index contributed by atoms with van der Waals surface area (Å²) in [4.78, 5) is 16.1. The fourth-order valence-corrected chi connectivity index (χ4v) is 3.58. The van der Waals surface area contributed by atoms with Crippen LogP contribution < -0.4 is 0 Å². The van der Waals surface area contributed by atoms with Crippen LogP contribution in [-0.4, -0.2) is 21.8 Å². The Bertz CT molecular complexity index is 400. The topological polar surface area (TPSA) is 50.2 Å². The number of hydrogen-bond donors (Lipinski definition) is 1. The first-order valence-electron chi connectivity index (χ1n) is 6.19. The quantitative estimate of drug-likeness (QED) is 0.825. The van der Waals surface area contributed by atoms with Gasteiger partial charge < -0.3 is 5.11 Å². The van der Waals surface area contributed by atoms with Crippen molar-refractivity contribution in [3.05, 3.63) is 15.6 Å². The summed E-state index contributed by atoms with van der Waals surface area (Å²) < 4.78 is 0. The molecule has 1 aromatic heterocycles. The summed E-state index contributed by atoms with van der Waals surface area (Å²) in [5, 5.41) is 10.1. The van der Waals surface area contributed by atoms with Crippen LogP contribution in [0.1, 0.15) is 48.1 Å². The summed E-state index contributed by atoms with van der Waals surface area (Å²) in [6.07, 6.45) is 0.743. The van der Waals surface area contributed by atoms with E-state index < -0.39 is 5.97 Å². The van der Waals surface area contributed by atoms with Gasteiger partial charge >= 0.3 is 5.97 Å². The summed E-state index contributed by atoms with van der Waals surface area (Å²) >= 11 is 3.15. The van der Waals surface area contributed by atoms with E-state index in [2.05, 4.69) is 32.7 Å². The van der Waals surface area contributed by atoms with E-state index in [1.165, 1.54) is 11.3 Å². The average Bonchev–Trinajstić information content (AvgIpc) is 2.59. The molecule has 18 heavy (non-hydrogen) atoms. The maximum atomic E-state index is 11.2. The predicted molar refractivity (Wildman–Crippen MR) is 78.6 cm³/mol. The number of thiazole rings is 1. The van der Waals surface area contributed by atoms with Crippen molar-refractivity contribution in [2.75, 3.05) is 5.75 Å². The molecular formula is C13H21NO2S2. The largest absolute Gasteiger partial charge is 0.477 e. The fraction of sp³-hybridized carbons (Fsp3) is 0.692. The van der Waals surface area contributed by atoms with Crippen LogP contribution in [0.25, 0.3) is 0 Å². The summed E-state index contributed by atoms with van der Waals surface area (Å²) in [6, 6.07) is 0. The van der Waals surface area contributed by atoms with Crippen LogP contribution in [0.5, 0.6) is 0 Å². The first-order valence-corrected chi connectivity index (χ1v) is 8.16. The summed E-state index contributed by atoms with van der Waals surface area (Å²) in [6.45, 7) is 8.53. The van der Waals surface area contributed by atoms with Crippen molar-refractivity contribution >= 4 is 29.1 Å². The number of thioether (sulfide) groups is 1. The molecule has 0 aliphatic carbocycles. The Balaban J connectivity index is 2.72. The van der Waals surface area contributed by atoms with Crippen molar-refractivity contribution in [1.82, 2.24) is 4.98 Å². The Kier molecular flexibility index (Phi) is 6.15. The summed E-state index contributed by atoms with van der Waals surface area (Å²) in [5.74, 6) is 2.15. The van der Waals surface area contributed by atoms with Crippen LogP contribution in [0.4, 0.5) is 0 Å². The molecule has 0 radical (unpaired) electrons. The number of rotatable bonds is 7. The van der Waals surface area contributed by atoms with Crippen LogP contribution in [-0.2, 0) is 12.2 Å². The molecule has 0 aliphatic heterocycles. The standard InChI is InChI=1S/C13H21NO2S2/c1-8(2)5-10-12(13(15)16)18-11(14-10)7-17-6-9(3)4/h8-9H,5-7H2,1-4H3,(H,15,16). The number of carboxylic acid groups (broad SMARTS) is 1. The van der Waals surface area contributed by atoms with Crippen molar-refractivity contribution in [3.8, 4) is 0 Å². The molecule has 3 nitrogen and oxygen atoms in total. The molecule has 5 heteroatoms. The van der Waals surface area contributed by atoms with Crippen LogP contribution in [0, 0.1) is 11.8 Å². The zero-order valence-corrected chi connectivity index (χ0v) is 13.0. The predicted octanol–water partition coefficient (Wildman–Crippen LogP) is 3.93. The molecule has 1 aromatic rings. The average molecular weight is 287 g/mol. The van der Waals surface area contributed by atoms with Gasteiger partial charge in [0.1, 0.15) is 9.88 Å². The van der Waals surface area contributed by atoms with Gasteiger partial charge in [-0.05, 0) is 24.0 Å². The molecule has 0 amide bonds. The second kappa shape index (κ2) is 7.14. The molecule has 0 unspecified atom stereocenters. The highest BCUT2D eigenvalue weighted by atomic mass is 32.2. The molecule has 0 aliphatic rings. The number of carbonyl (C=O) groups is 1. The highest BCUT2D eigenvalue weighted by Gasteiger charge is 2.17. The Hall–Kier alpha value is -0.550. The van der Waals surface area contributed by atoms with Gasteiger partial charge in [-0.2, -0.15) is 11.8 Å². The number of aromatic nitrogens is 1. The van der Waals surface area contributed by atoms with Crippen LogP contribution in [0.2, 0.25) is 0 Å². The van der Waals surface area contributed by atoms with E-state index in [-0.39, 0.29) is 0 Å². The summed E-state index contributed by atoms with van der Waals surface area (Å²) in [5.41, 5.74) is 0.752. The van der Waals surface area contributed by atoms with Crippen molar-refractivity contribution in [2.24, 2.45) is 11.8 Å². The monoisotopic (exact) mass is 287 g/mol. The molecule has 0 spiro atoms. The van der Waals surface area contributed by atoms with Gasteiger partial charge in [-0.3, -0.25) is 0 Å². The van der Waals surface area contributed by atoms with Crippen molar-refractivity contribution in [3.63, 3.8) is 0 Å². The van der Waals surface area contributed by atoms with Gasteiger partial charge in [-0.25, -0.2) is 9.78 Å². The molecule has 0 fully saturated rings. The van der Waals surface area contributed by atoms with Crippen molar-refractivity contribution < 1.29 is 9.90 Å². The molecule has 0 bridgehead atoms. The van der Waals surface area contributed by atoms with Gasteiger partial charge in [0.05, 0.1) is 5.69 Å². The van der Waals surface area contributed by atoms with E-state index in [0.29, 0.717) is 16.7 Å². The second-order valence-corrected chi connectivity index (χ2v) is 7.31. The van der Waals surface area contributed by atoms with Gasteiger partial charge in [0, 0.05) is 5.75 Å². The molecule has 1 heterocycles. The van der Waals surface area contributed by atoms with E-state index in [9.17, 15) is 4.79 Å². The number of hydrogen-bond acceptors (Lipinski definition) is 4. The molecule has 1 rings (SSSR count). The van der Waals surface area contributed by atoms with E-state index >= 15 is 0 Å². The zero-order chi connectivity index (χ0) is 13.7. The molecule has 0 aromatic carbocycles. The highest BCUT2D eigenvalue weighted by Crippen LogP contribution is 2.25. The third kappa shape index (κ3) is 4.98. The lowest BCUT2D eigenvalue weighted by molar-refractivity contribution is 0.0700. The SMILES string of the molecule is CC(C)CSCc1nc(CC(C)C)c(C(=O)O)s1. The van der Waals surface area contributed by atoms with E-state index in [1.807, 2.05) is 11.8 Å². The number of carboxylic acids is 1. The van der Waals surface area contributed by atoms with Crippen LogP contribution in [0.15, 0.2) is 0 Å². The first-order chi connectivity index (χ1) is 8.40. The smallest absolute Gasteiger partial charge is 0.347 e. The molecule has 0 saturated heterocycles. The van der Waals surface area contributed by atoms with Crippen molar-refractivity contribution in [1.29, 1.82) is 0 Å². The molecule has 0 saturated carbocycles. The van der Waals surface area contributed by atoms with E-state index in [4.69, 9.17) is 5.11 Å². The van der Waals surface area contributed by atoms with Crippen LogP contribution in [0.3, 0.4) is 0 Å². The normalized spacial score (nSPS) is 11.4.